The van der Waals surface area contributed by atoms with E-state index in [0.717, 1.165) is 0 Å². The number of carbonyl (C=O) groups is 1. The monoisotopic (exact) mass is 218 g/mol. The number of halogens is 1. The number of Topliss-reactive ketones (excluding diaryl/α,β-unsaturated/α-hetero) is 1. The van der Waals surface area contributed by atoms with Crippen LogP contribution < -0.4 is 0 Å². The van der Waals surface area contributed by atoms with E-state index in [0.29, 0.717) is 18.4 Å². The molecular formula is C8H7ClO3S. The predicted octanol–water partition coefficient (Wildman–Crippen LogP) is 1.36. The van der Waals surface area contributed by atoms with Crippen molar-refractivity contribution in [1.82, 2.24) is 0 Å². The van der Waals surface area contributed by atoms with Gasteiger partial charge < -0.3 is 0 Å². The van der Waals surface area contributed by atoms with Crippen LogP contribution in [0, 0.1) is 5.92 Å². The highest BCUT2D eigenvalue weighted by Gasteiger charge is 2.35. The van der Waals surface area contributed by atoms with E-state index in [1.807, 2.05) is 0 Å². The topological polar surface area (TPSA) is 51.2 Å². The van der Waals surface area contributed by atoms with Gasteiger partial charge in [-0.1, -0.05) is 6.08 Å². The summed E-state index contributed by atoms with van der Waals surface area (Å²) in [5, 5.41) is 0. The summed E-state index contributed by atoms with van der Waals surface area (Å²) >= 11 is 0. The van der Waals surface area contributed by atoms with Crippen LogP contribution >= 0.6 is 10.7 Å². The van der Waals surface area contributed by atoms with Crippen molar-refractivity contribution in [2.75, 3.05) is 0 Å². The summed E-state index contributed by atoms with van der Waals surface area (Å²) in [6, 6.07) is 0. The smallest absolute Gasteiger partial charge is 0.261 e. The fourth-order valence-electron chi connectivity index (χ4n) is 1.60. The Morgan fingerprint density at radius 1 is 1.46 bits per heavy atom. The van der Waals surface area contributed by atoms with Gasteiger partial charge in [-0.3, -0.25) is 4.79 Å². The van der Waals surface area contributed by atoms with Crippen molar-refractivity contribution in [3.63, 3.8) is 0 Å². The van der Waals surface area contributed by atoms with Gasteiger partial charge in [0.1, 0.15) is 0 Å². The molecule has 13 heavy (non-hydrogen) atoms. The molecule has 2 rings (SSSR count). The molecule has 1 atom stereocenters. The fraction of sp³-hybridized carbons (Fsp3) is 0.375. The molecule has 0 bridgehead atoms. The number of hydrogen-bond donors (Lipinski definition) is 0. The number of carbonyl (C=O) groups excluding carboxylic acids is 1. The minimum Gasteiger partial charge on any atom is -0.295 e. The van der Waals surface area contributed by atoms with Gasteiger partial charge in [0.05, 0.1) is 4.91 Å². The second-order valence-corrected chi connectivity index (χ2v) is 5.77. The van der Waals surface area contributed by atoms with Gasteiger partial charge in [-0.25, -0.2) is 8.42 Å². The molecule has 1 saturated carbocycles. The van der Waals surface area contributed by atoms with Crippen LogP contribution in [0.1, 0.15) is 12.8 Å². The van der Waals surface area contributed by atoms with E-state index < -0.39 is 9.05 Å². The molecule has 3 nitrogen and oxygen atoms in total. The van der Waals surface area contributed by atoms with E-state index in [1.54, 1.807) is 6.08 Å². The summed E-state index contributed by atoms with van der Waals surface area (Å²) in [4.78, 5) is 11.1. The predicted molar refractivity (Wildman–Crippen MR) is 48.7 cm³/mol. The highest BCUT2D eigenvalue weighted by Crippen LogP contribution is 2.38. The van der Waals surface area contributed by atoms with Gasteiger partial charge in [-0.15, -0.1) is 0 Å². The lowest BCUT2D eigenvalue weighted by atomic mass is 9.74. The molecule has 0 aromatic rings. The Labute approximate surface area is 80.5 Å². The van der Waals surface area contributed by atoms with Crippen molar-refractivity contribution in [2.24, 2.45) is 5.92 Å². The summed E-state index contributed by atoms with van der Waals surface area (Å²) in [6.07, 6.45) is 4.11. The normalized spacial score (nSPS) is 27.2. The summed E-state index contributed by atoms with van der Waals surface area (Å²) in [7, 11) is 1.48. The summed E-state index contributed by atoms with van der Waals surface area (Å²) in [5.74, 6) is 0.269. The van der Waals surface area contributed by atoms with Crippen LogP contribution in [0.25, 0.3) is 0 Å². The number of ketones is 1. The first kappa shape index (κ1) is 8.97. The standard InChI is InChI=1S/C8H7ClO3S/c9-13(11,12)6-2-1-5-3-8(10)7(5)4-6/h2,4-5H,1,3H2. The zero-order chi connectivity index (χ0) is 9.64. The van der Waals surface area contributed by atoms with E-state index >= 15 is 0 Å². The van der Waals surface area contributed by atoms with Gasteiger partial charge in [-0.2, -0.15) is 0 Å². The van der Waals surface area contributed by atoms with Crippen LogP contribution in [0.2, 0.25) is 0 Å². The quantitative estimate of drug-likeness (QED) is 0.625. The van der Waals surface area contributed by atoms with Crippen molar-refractivity contribution in [3.05, 3.63) is 22.6 Å². The van der Waals surface area contributed by atoms with Crippen LogP contribution in [0.15, 0.2) is 22.6 Å². The maximum Gasteiger partial charge on any atom is 0.261 e. The molecule has 0 aliphatic heterocycles. The van der Waals surface area contributed by atoms with Crippen LogP contribution in [0.5, 0.6) is 0 Å². The molecule has 70 valence electrons. The van der Waals surface area contributed by atoms with Gasteiger partial charge in [0, 0.05) is 22.7 Å². The van der Waals surface area contributed by atoms with Gasteiger partial charge >= 0.3 is 0 Å². The zero-order valence-corrected chi connectivity index (χ0v) is 8.23. The minimum absolute atomic E-state index is 0.0379. The first-order valence-electron chi connectivity index (χ1n) is 3.88. The number of hydrogen-bond acceptors (Lipinski definition) is 3. The molecule has 0 N–H and O–H groups in total. The second-order valence-electron chi connectivity index (χ2n) is 3.20. The molecule has 0 amide bonds. The second kappa shape index (κ2) is 2.69. The Morgan fingerprint density at radius 2 is 2.15 bits per heavy atom. The third kappa shape index (κ3) is 1.44. The fourth-order valence-corrected chi connectivity index (χ4v) is 2.48. The van der Waals surface area contributed by atoms with E-state index in [2.05, 4.69) is 0 Å². The molecule has 0 radical (unpaired) electrons. The molecule has 0 aromatic heterocycles. The molecule has 2 aliphatic rings. The largest absolute Gasteiger partial charge is 0.295 e. The third-order valence-corrected chi connectivity index (χ3v) is 3.76. The lowest BCUT2D eigenvalue weighted by Gasteiger charge is -2.30. The van der Waals surface area contributed by atoms with Gasteiger partial charge in [0.2, 0.25) is 0 Å². The average molecular weight is 219 g/mol. The lowest BCUT2D eigenvalue weighted by molar-refractivity contribution is -0.120. The Bertz CT molecular complexity index is 430. The lowest BCUT2D eigenvalue weighted by Crippen LogP contribution is -2.29. The van der Waals surface area contributed by atoms with Crippen molar-refractivity contribution in [1.29, 1.82) is 0 Å². The van der Waals surface area contributed by atoms with Gasteiger partial charge in [0.25, 0.3) is 9.05 Å². The van der Waals surface area contributed by atoms with Gasteiger partial charge in [0.15, 0.2) is 5.78 Å². The number of fused-ring (bicyclic) bond motifs is 1. The van der Waals surface area contributed by atoms with Crippen molar-refractivity contribution >= 4 is 25.5 Å². The average Bonchev–Trinajstić information content (AvgIpc) is 2.00. The van der Waals surface area contributed by atoms with E-state index in [4.69, 9.17) is 10.7 Å². The number of allylic oxidation sites excluding steroid dienone is 3. The maximum absolute atomic E-state index is 11.0. The van der Waals surface area contributed by atoms with Crippen LogP contribution in [-0.4, -0.2) is 14.2 Å². The molecule has 0 saturated heterocycles. The third-order valence-electron chi connectivity index (χ3n) is 2.38. The Kier molecular flexibility index (Phi) is 1.85. The molecule has 5 heteroatoms. The highest BCUT2D eigenvalue weighted by atomic mass is 35.7. The molecule has 0 spiro atoms. The Hall–Kier alpha value is -0.610. The maximum atomic E-state index is 11.0. The van der Waals surface area contributed by atoms with Crippen molar-refractivity contribution < 1.29 is 13.2 Å². The molecule has 1 unspecified atom stereocenters. The van der Waals surface area contributed by atoms with Crippen molar-refractivity contribution in [2.45, 2.75) is 12.8 Å². The van der Waals surface area contributed by atoms with Crippen LogP contribution in [-0.2, 0) is 13.8 Å². The van der Waals surface area contributed by atoms with Crippen LogP contribution in [0.4, 0.5) is 0 Å². The summed E-state index contributed by atoms with van der Waals surface area (Å²) in [6.45, 7) is 0. The van der Waals surface area contributed by atoms with Crippen molar-refractivity contribution in [3.8, 4) is 0 Å². The van der Waals surface area contributed by atoms with Gasteiger partial charge in [-0.05, 0) is 18.4 Å². The molecule has 1 fully saturated rings. The molecule has 0 heterocycles. The van der Waals surface area contributed by atoms with E-state index in [1.165, 1.54) is 6.08 Å². The van der Waals surface area contributed by atoms with Crippen LogP contribution in [0.3, 0.4) is 0 Å². The van der Waals surface area contributed by atoms with E-state index in [9.17, 15) is 13.2 Å². The summed E-state index contributed by atoms with van der Waals surface area (Å²) < 4.78 is 21.8. The minimum atomic E-state index is -3.67. The Balaban J connectivity index is 2.37. The molecule has 0 aromatic carbocycles. The first-order valence-corrected chi connectivity index (χ1v) is 6.19. The summed E-state index contributed by atoms with van der Waals surface area (Å²) in [5.41, 5.74) is 0.613. The van der Waals surface area contributed by atoms with E-state index in [-0.39, 0.29) is 16.6 Å². The zero-order valence-electron chi connectivity index (χ0n) is 6.66. The molecular weight excluding hydrogens is 212 g/mol. The number of rotatable bonds is 1. The SMILES string of the molecule is O=C1CC2CC=C(S(=O)(=O)Cl)C=C12. The highest BCUT2D eigenvalue weighted by molar-refractivity contribution is 8.17. The Morgan fingerprint density at radius 3 is 2.69 bits per heavy atom. The first-order chi connectivity index (χ1) is 5.98. The molecule has 2 aliphatic carbocycles.